The maximum atomic E-state index is 5.85. The molecule has 2 fully saturated rings. The Morgan fingerprint density at radius 2 is 2.09 bits per heavy atom. The quantitative estimate of drug-likeness (QED) is 0.585. The van der Waals surface area contributed by atoms with Crippen molar-refractivity contribution in [2.75, 3.05) is 12.5 Å². The molecule has 0 radical (unpaired) electrons. The predicted octanol–water partition coefficient (Wildman–Crippen LogP) is 2.43. The van der Waals surface area contributed by atoms with Crippen LogP contribution in [0.5, 0.6) is 0 Å². The van der Waals surface area contributed by atoms with Crippen molar-refractivity contribution in [3.05, 3.63) is 0 Å². The number of alkyl halides is 1. The molecule has 0 spiro atoms. The molecule has 1 aliphatic carbocycles. The molecule has 0 amide bonds. The summed E-state index contributed by atoms with van der Waals surface area (Å²) in [6.45, 7) is 0.943. The zero-order valence-corrected chi connectivity index (χ0v) is 7.52. The van der Waals surface area contributed by atoms with Crippen LogP contribution in [0.3, 0.4) is 0 Å². The highest BCUT2D eigenvalue weighted by molar-refractivity contribution is 6.18. The molecule has 1 nitrogen and oxygen atoms in total. The van der Waals surface area contributed by atoms with Gasteiger partial charge in [0.2, 0.25) is 0 Å². The van der Waals surface area contributed by atoms with Crippen LogP contribution in [0.2, 0.25) is 0 Å². The van der Waals surface area contributed by atoms with Gasteiger partial charge < -0.3 is 4.74 Å². The van der Waals surface area contributed by atoms with Gasteiger partial charge in [0, 0.05) is 18.4 Å². The van der Waals surface area contributed by atoms with Gasteiger partial charge in [-0.25, -0.2) is 0 Å². The van der Waals surface area contributed by atoms with E-state index in [1.165, 1.54) is 25.7 Å². The largest absolute Gasteiger partial charge is 0.378 e. The van der Waals surface area contributed by atoms with Crippen molar-refractivity contribution >= 4 is 11.6 Å². The SMILES string of the molecule is ClCC1CCOC1C1CCC1. The van der Waals surface area contributed by atoms with Crippen molar-refractivity contribution in [2.45, 2.75) is 31.8 Å². The summed E-state index contributed by atoms with van der Waals surface area (Å²) in [5.41, 5.74) is 0. The second-order valence-electron chi connectivity index (χ2n) is 3.73. The van der Waals surface area contributed by atoms with Crippen LogP contribution < -0.4 is 0 Å². The van der Waals surface area contributed by atoms with Crippen molar-refractivity contribution in [3.8, 4) is 0 Å². The molecule has 2 unspecified atom stereocenters. The van der Waals surface area contributed by atoms with Gasteiger partial charge in [-0.05, 0) is 25.2 Å². The predicted molar refractivity (Wildman–Crippen MR) is 45.9 cm³/mol. The summed E-state index contributed by atoms with van der Waals surface area (Å²) < 4.78 is 5.68. The van der Waals surface area contributed by atoms with Gasteiger partial charge in [-0.1, -0.05) is 6.42 Å². The van der Waals surface area contributed by atoms with E-state index in [-0.39, 0.29) is 0 Å². The fourth-order valence-corrected chi connectivity index (χ4v) is 2.44. The van der Waals surface area contributed by atoms with E-state index in [2.05, 4.69) is 0 Å². The molecule has 64 valence electrons. The summed E-state index contributed by atoms with van der Waals surface area (Å²) in [7, 11) is 0. The van der Waals surface area contributed by atoms with Crippen LogP contribution in [0.4, 0.5) is 0 Å². The van der Waals surface area contributed by atoms with Crippen molar-refractivity contribution in [2.24, 2.45) is 11.8 Å². The minimum absolute atomic E-state index is 0.515. The number of hydrogen-bond acceptors (Lipinski definition) is 1. The highest BCUT2D eigenvalue weighted by Crippen LogP contribution is 2.38. The van der Waals surface area contributed by atoms with Gasteiger partial charge >= 0.3 is 0 Å². The van der Waals surface area contributed by atoms with Crippen molar-refractivity contribution in [1.82, 2.24) is 0 Å². The lowest BCUT2D eigenvalue weighted by atomic mass is 9.77. The minimum atomic E-state index is 0.515. The third kappa shape index (κ3) is 1.41. The number of ether oxygens (including phenoxy) is 1. The van der Waals surface area contributed by atoms with E-state index in [4.69, 9.17) is 16.3 Å². The normalized spacial score (nSPS) is 39.0. The van der Waals surface area contributed by atoms with Crippen LogP contribution in [-0.4, -0.2) is 18.6 Å². The first-order chi connectivity index (χ1) is 5.42. The van der Waals surface area contributed by atoms with Crippen LogP contribution in [0.25, 0.3) is 0 Å². The summed E-state index contributed by atoms with van der Waals surface area (Å²) in [6, 6.07) is 0. The molecule has 1 saturated heterocycles. The standard InChI is InChI=1S/C9H15ClO/c10-6-8-4-5-11-9(8)7-2-1-3-7/h7-9H,1-6H2. The zero-order chi connectivity index (χ0) is 7.68. The third-order valence-corrected chi connectivity index (χ3v) is 3.47. The first kappa shape index (κ1) is 7.88. The Morgan fingerprint density at radius 3 is 2.64 bits per heavy atom. The molecule has 0 bridgehead atoms. The molecule has 11 heavy (non-hydrogen) atoms. The first-order valence-electron chi connectivity index (χ1n) is 4.59. The summed E-state index contributed by atoms with van der Waals surface area (Å²) in [5.74, 6) is 2.30. The van der Waals surface area contributed by atoms with Gasteiger partial charge in [0.15, 0.2) is 0 Å². The lowest BCUT2D eigenvalue weighted by molar-refractivity contribution is 0.0141. The summed E-state index contributed by atoms with van der Waals surface area (Å²) in [4.78, 5) is 0. The van der Waals surface area contributed by atoms with Crippen molar-refractivity contribution in [1.29, 1.82) is 0 Å². The van der Waals surface area contributed by atoms with Gasteiger partial charge in [-0.15, -0.1) is 11.6 Å². The zero-order valence-electron chi connectivity index (χ0n) is 6.76. The molecule has 0 N–H and O–H groups in total. The fraction of sp³-hybridized carbons (Fsp3) is 1.00. The Hall–Kier alpha value is 0.250. The van der Waals surface area contributed by atoms with E-state index in [0.717, 1.165) is 18.4 Å². The van der Waals surface area contributed by atoms with Gasteiger partial charge in [0.1, 0.15) is 0 Å². The smallest absolute Gasteiger partial charge is 0.0643 e. The topological polar surface area (TPSA) is 9.23 Å². The molecular weight excluding hydrogens is 160 g/mol. The second kappa shape index (κ2) is 3.32. The number of rotatable bonds is 2. The highest BCUT2D eigenvalue weighted by atomic mass is 35.5. The maximum Gasteiger partial charge on any atom is 0.0643 e. The molecule has 0 aromatic carbocycles. The average molecular weight is 175 g/mol. The third-order valence-electron chi connectivity index (χ3n) is 3.08. The molecule has 1 heterocycles. The molecule has 2 rings (SSSR count). The summed E-state index contributed by atoms with van der Waals surface area (Å²) >= 11 is 5.85. The lowest BCUT2D eigenvalue weighted by Crippen LogP contribution is -2.32. The van der Waals surface area contributed by atoms with E-state index in [9.17, 15) is 0 Å². The molecule has 0 aromatic heterocycles. The van der Waals surface area contributed by atoms with Crippen LogP contribution in [0.1, 0.15) is 25.7 Å². The minimum Gasteiger partial charge on any atom is -0.378 e. The average Bonchev–Trinajstić information content (AvgIpc) is 2.32. The van der Waals surface area contributed by atoms with Crippen molar-refractivity contribution < 1.29 is 4.74 Å². The van der Waals surface area contributed by atoms with Gasteiger partial charge in [0.25, 0.3) is 0 Å². The van der Waals surface area contributed by atoms with Crippen LogP contribution in [0, 0.1) is 11.8 Å². The lowest BCUT2D eigenvalue weighted by Gasteiger charge is -2.33. The van der Waals surface area contributed by atoms with Crippen LogP contribution >= 0.6 is 11.6 Å². The van der Waals surface area contributed by atoms with E-state index in [0.29, 0.717) is 12.0 Å². The van der Waals surface area contributed by atoms with E-state index < -0.39 is 0 Å². The first-order valence-corrected chi connectivity index (χ1v) is 5.13. The molecule has 1 aliphatic heterocycles. The van der Waals surface area contributed by atoms with Crippen molar-refractivity contribution in [3.63, 3.8) is 0 Å². The Balaban J connectivity index is 1.89. The number of hydrogen-bond donors (Lipinski definition) is 0. The fourth-order valence-electron chi connectivity index (χ4n) is 2.11. The van der Waals surface area contributed by atoms with E-state index >= 15 is 0 Å². The summed E-state index contributed by atoms with van der Waals surface area (Å²) in [6.07, 6.45) is 5.85. The molecule has 2 atom stereocenters. The molecule has 0 aromatic rings. The molecule has 2 heteroatoms. The number of halogens is 1. The Kier molecular flexibility index (Phi) is 2.38. The van der Waals surface area contributed by atoms with Gasteiger partial charge in [-0.2, -0.15) is 0 Å². The van der Waals surface area contributed by atoms with E-state index in [1.54, 1.807) is 0 Å². The van der Waals surface area contributed by atoms with Crippen LogP contribution in [-0.2, 0) is 4.74 Å². The van der Waals surface area contributed by atoms with Gasteiger partial charge in [-0.3, -0.25) is 0 Å². The maximum absolute atomic E-state index is 5.85. The van der Waals surface area contributed by atoms with Gasteiger partial charge in [0.05, 0.1) is 6.10 Å². The monoisotopic (exact) mass is 174 g/mol. The molecule has 2 aliphatic rings. The summed E-state index contributed by atoms with van der Waals surface area (Å²) in [5, 5.41) is 0. The molecule has 1 saturated carbocycles. The molecular formula is C9H15ClO. The second-order valence-corrected chi connectivity index (χ2v) is 4.04. The van der Waals surface area contributed by atoms with E-state index in [1.807, 2.05) is 0 Å². The Bertz CT molecular complexity index is 134. The Morgan fingerprint density at radius 1 is 1.27 bits per heavy atom. The van der Waals surface area contributed by atoms with Crippen LogP contribution in [0.15, 0.2) is 0 Å². The Labute approximate surface area is 73.1 Å². The highest BCUT2D eigenvalue weighted by Gasteiger charge is 2.36.